The van der Waals surface area contributed by atoms with Crippen molar-refractivity contribution < 1.29 is 113 Å². The molecule has 44 heteroatoms. The number of nitrogens with two attached hydrogens (primary N) is 3. The van der Waals surface area contributed by atoms with E-state index in [1.165, 1.54) is 17.9 Å². The molecule has 0 radical (unpaired) electrons. The Morgan fingerprint density at radius 3 is 2.04 bits per heavy atom. The van der Waals surface area contributed by atoms with Crippen LogP contribution in [0.25, 0.3) is 33.5 Å². The molecule has 3 aliphatic heterocycles. The Hall–Kier alpha value is -5.19. The van der Waals surface area contributed by atoms with Gasteiger partial charge in [0.15, 0.2) is 41.4 Å². The molecular formula is C33H42N15O25P4-3. The number of aromatic amines is 2. The molecule has 0 aliphatic carbocycles. The highest BCUT2D eigenvalue weighted by Gasteiger charge is 2.59. The number of aliphatic hydroxyl groups is 4. The van der Waals surface area contributed by atoms with Gasteiger partial charge in [0.05, 0.1) is 32.9 Å². The number of aryl methyl sites for hydroxylation is 1. The molecule has 0 saturated carbocycles. The third kappa shape index (κ3) is 11.0. The monoisotopic (exact) mass is 1170 g/mol. The topological polar surface area (TPSA) is 583 Å². The fraction of sp³-hybridized carbons (Fsp3) is 0.545. The predicted molar refractivity (Wildman–Crippen MR) is 236 cm³/mol. The van der Waals surface area contributed by atoms with Crippen LogP contribution in [0.1, 0.15) is 18.7 Å². The van der Waals surface area contributed by atoms with Gasteiger partial charge in [-0.2, -0.15) is 4.98 Å². The summed E-state index contributed by atoms with van der Waals surface area (Å²) in [7, 11) is -21.8. The van der Waals surface area contributed by atoms with Crippen molar-refractivity contribution in [1.29, 1.82) is 0 Å². The van der Waals surface area contributed by atoms with Crippen molar-refractivity contribution in [3.63, 3.8) is 0 Å². The average molecular weight is 1170 g/mol. The van der Waals surface area contributed by atoms with Crippen LogP contribution in [0.3, 0.4) is 0 Å². The number of nitrogen functional groups attached to an aromatic ring is 3. The van der Waals surface area contributed by atoms with Gasteiger partial charge in [0.1, 0.15) is 67.3 Å². The molecule has 9 heterocycles. The van der Waals surface area contributed by atoms with E-state index in [4.69, 9.17) is 54.5 Å². The number of hydrogen-bond donors (Lipinski definition) is 9. The molecule has 3 fully saturated rings. The summed E-state index contributed by atoms with van der Waals surface area (Å²) in [5, 5.41) is 43.6. The molecule has 9 rings (SSSR count). The summed E-state index contributed by atoms with van der Waals surface area (Å²) < 4.78 is 112. The summed E-state index contributed by atoms with van der Waals surface area (Å²) >= 11 is 0. The maximum Gasteiger partial charge on any atom is 0.313 e. The minimum Gasteiger partial charge on any atom is -0.756 e. The predicted octanol–water partition coefficient (Wildman–Crippen LogP) is -7.26. The average Bonchev–Trinajstić information content (AvgIpc) is 4.23. The van der Waals surface area contributed by atoms with Crippen LogP contribution in [0.2, 0.25) is 0 Å². The minimum absolute atomic E-state index is 0.00279. The van der Waals surface area contributed by atoms with Gasteiger partial charge < -0.3 is 99.0 Å². The summed E-state index contributed by atoms with van der Waals surface area (Å²) in [6.07, 6.45) is -15.6. The van der Waals surface area contributed by atoms with Crippen LogP contribution in [0, 0.1) is 0 Å². The highest BCUT2D eigenvalue weighted by Crippen LogP contribution is 2.63. The molecule has 6 aromatic rings. The highest BCUT2D eigenvalue weighted by molar-refractivity contribution is 7.65. The van der Waals surface area contributed by atoms with Gasteiger partial charge in [-0.25, -0.2) is 33.1 Å². The van der Waals surface area contributed by atoms with Crippen molar-refractivity contribution in [2.24, 2.45) is 7.05 Å². The molecule has 16 unspecified atom stereocenters. The number of methoxy groups -OCH3 is 2. The smallest absolute Gasteiger partial charge is 0.313 e. The molecule has 3 saturated heterocycles. The normalized spacial score (nSPS) is 31.0. The number of imidazole rings is 3. The second-order valence-corrected chi connectivity index (χ2v) is 22.6. The maximum absolute atomic E-state index is 13.6. The zero-order valence-electron chi connectivity index (χ0n) is 39.1. The third-order valence-electron chi connectivity index (χ3n) is 11.9. The zero-order chi connectivity index (χ0) is 55.9. The molecule has 0 bridgehead atoms. The summed E-state index contributed by atoms with van der Waals surface area (Å²) in [5.74, 6) is -3.49. The Kier molecular flexibility index (Phi) is 15.3. The van der Waals surface area contributed by atoms with Crippen molar-refractivity contribution in [2.75, 3.05) is 51.2 Å². The molecule has 0 spiro atoms. The van der Waals surface area contributed by atoms with E-state index in [0.717, 1.165) is 46.9 Å². The van der Waals surface area contributed by atoms with Crippen LogP contribution in [0.15, 0.2) is 34.9 Å². The number of phosphoric acid groups is 4. The summed E-state index contributed by atoms with van der Waals surface area (Å²) in [4.78, 5) is 106. The molecule has 3 aliphatic rings. The van der Waals surface area contributed by atoms with Crippen LogP contribution < -0.4 is 52.5 Å². The number of aliphatic hydroxyl groups excluding tert-OH is 4. The van der Waals surface area contributed by atoms with Crippen LogP contribution >= 0.6 is 31.3 Å². The summed E-state index contributed by atoms with van der Waals surface area (Å²) in [6, 6.07) is 0. The second kappa shape index (κ2) is 20.8. The summed E-state index contributed by atoms with van der Waals surface area (Å²) in [5.41, 5.74) is 15.0. The van der Waals surface area contributed by atoms with Gasteiger partial charge in [0.2, 0.25) is 23.5 Å². The molecule has 12 N–H and O–H groups in total. The SMILES string of the molecule is COC1C(OP(=O)([O-])OCC2OC(n3cnc4c(=O)[nH]c(N)nc43)C(O)C2O)C(COP(=O)([O-])OP(=O)([O-])OP(=O)([O-])OCC2(OC)OC([n+]3cn(C)c4c(=O)[nH]c(N)nc43)C(O)C2O)OC1n1cnc2c(N)ncnc21. The standard InChI is InChI=1S/C33H45N15O25P4/c1-45-10-48(25-15(45)27(54)44-32(36)42-25)29-18(51)21(52)33(64-3,70-29)6-67-76(59,60)73-77(61,62)72-75(57,58)66-5-12-19(20(63-2)30(69-12)46-8-39-13-22(34)37-7-38-23(13)46)71-74(55,56)65-4-11-16(49)17(50)28(68-11)47-9-40-14-24(47)41-31(35)43-26(14)53/h7-12,16-21,28-30,49-52H,4-6H2,1-3H3,(H11-,34,35,36,37,38,41,42,43,44,53,54,55,56,57,58,59,60,61,62)/p-3. The van der Waals surface area contributed by atoms with Crippen LogP contribution in [-0.4, -0.2) is 163 Å². The van der Waals surface area contributed by atoms with E-state index in [1.54, 1.807) is 0 Å². The first-order chi connectivity index (χ1) is 36.1. The second-order valence-electron chi connectivity index (χ2n) is 16.8. The Morgan fingerprint density at radius 2 is 1.35 bits per heavy atom. The van der Waals surface area contributed by atoms with Gasteiger partial charge in [0, 0.05) is 14.2 Å². The minimum atomic E-state index is -6.66. The molecule has 422 valence electrons. The number of ether oxygens (including phenoxy) is 5. The number of H-pyrrole nitrogens is 2. The van der Waals surface area contributed by atoms with E-state index in [-0.39, 0.29) is 51.2 Å². The molecule has 40 nitrogen and oxygen atoms in total. The molecular weight excluding hydrogens is 1130 g/mol. The number of phosphoric ester groups is 3. The third-order valence-corrected chi connectivity index (χ3v) is 17.0. The lowest BCUT2D eigenvalue weighted by Crippen LogP contribution is -2.48. The highest BCUT2D eigenvalue weighted by atomic mass is 31.3. The van der Waals surface area contributed by atoms with Crippen molar-refractivity contribution in [2.45, 2.75) is 73.3 Å². The molecule has 0 aromatic carbocycles. The number of anilines is 3. The van der Waals surface area contributed by atoms with Crippen LogP contribution in [0.4, 0.5) is 17.7 Å². The number of fused-ring (bicyclic) bond motifs is 3. The van der Waals surface area contributed by atoms with Gasteiger partial charge in [-0.05, 0) is 0 Å². The largest absolute Gasteiger partial charge is 0.756 e. The lowest BCUT2D eigenvalue weighted by molar-refractivity contribution is -0.750. The number of hydrogen-bond acceptors (Lipinski definition) is 34. The van der Waals surface area contributed by atoms with Gasteiger partial charge in [-0.3, -0.25) is 51.5 Å². The maximum atomic E-state index is 13.6. The first-order valence-corrected chi connectivity index (χ1v) is 27.4. The number of aromatic nitrogens is 12. The fourth-order valence-corrected chi connectivity index (χ4v) is 12.8. The molecule has 16 atom stereocenters. The van der Waals surface area contributed by atoms with Gasteiger partial charge in [0.25, 0.3) is 48.4 Å². The van der Waals surface area contributed by atoms with E-state index < -0.39 is 136 Å². The number of nitrogens with one attached hydrogen (secondary N) is 2. The van der Waals surface area contributed by atoms with Gasteiger partial charge in [-0.1, -0.05) is 4.98 Å². The molecule has 77 heavy (non-hydrogen) atoms. The lowest BCUT2D eigenvalue weighted by atomic mass is 10.1. The lowest BCUT2D eigenvalue weighted by Gasteiger charge is -2.36. The van der Waals surface area contributed by atoms with Crippen molar-refractivity contribution in [3.05, 3.63) is 46.0 Å². The Morgan fingerprint density at radius 1 is 0.740 bits per heavy atom. The Labute approximate surface area is 426 Å². The zero-order valence-corrected chi connectivity index (χ0v) is 42.7. The summed E-state index contributed by atoms with van der Waals surface area (Å²) in [6.45, 7) is -3.99. The number of rotatable bonds is 20. The van der Waals surface area contributed by atoms with E-state index in [0.29, 0.717) is 0 Å². The van der Waals surface area contributed by atoms with E-state index in [2.05, 4.69) is 53.0 Å². The van der Waals surface area contributed by atoms with E-state index in [1.807, 2.05) is 0 Å². The molecule has 6 aromatic heterocycles. The molecule has 0 amide bonds. The van der Waals surface area contributed by atoms with Gasteiger partial charge in [-0.15, -0.1) is 0 Å². The first kappa shape index (κ1) is 56.5. The van der Waals surface area contributed by atoms with Crippen LogP contribution in [-0.2, 0) is 75.7 Å². The van der Waals surface area contributed by atoms with Gasteiger partial charge >= 0.3 is 5.65 Å². The van der Waals surface area contributed by atoms with E-state index >= 15 is 0 Å². The van der Waals surface area contributed by atoms with Crippen molar-refractivity contribution in [1.82, 2.24) is 53.6 Å². The quantitative estimate of drug-likeness (QED) is 0.0253. The van der Waals surface area contributed by atoms with Crippen molar-refractivity contribution in [3.8, 4) is 0 Å². The first-order valence-electron chi connectivity index (χ1n) is 21.6. The fourth-order valence-electron chi connectivity index (χ4n) is 8.50. The van der Waals surface area contributed by atoms with E-state index in [9.17, 15) is 67.8 Å². The van der Waals surface area contributed by atoms with Crippen molar-refractivity contribution >= 4 is 82.5 Å². The number of nitrogens with zero attached hydrogens (tertiary/aromatic N) is 10. The Balaban J connectivity index is 0.876. The van der Waals surface area contributed by atoms with Crippen LogP contribution in [0.5, 0.6) is 0 Å². The Bertz CT molecular complexity index is 3540.